The summed E-state index contributed by atoms with van der Waals surface area (Å²) in [5, 5.41) is 18.6. The minimum Gasteiger partial charge on any atom is -0.380 e. The molecule has 2 aromatic carbocycles. The summed E-state index contributed by atoms with van der Waals surface area (Å²) in [5.41, 5.74) is 3.51. The first-order valence-electron chi connectivity index (χ1n) is 10.5. The van der Waals surface area contributed by atoms with Crippen LogP contribution in [-0.2, 0) is 6.54 Å². The number of para-hydroxylation sites is 1. The van der Waals surface area contributed by atoms with Crippen LogP contribution in [0.5, 0.6) is 0 Å². The Hall–Kier alpha value is -3.46. The second kappa shape index (κ2) is 9.13. The van der Waals surface area contributed by atoms with E-state index in [1.54, 1.807) is 12.1 Å². The van der Waals surface area contributed by atoms with Crippen LogP contribution in [0.1, 0.15) is 12.5 Å². The molecular weight excluding hydrogens is 394 g/mol. The Kier molecular flexibility index (Phi) is 6.13. The van der Waals surface area contributed by atoms with Crippen LogP contribution in [-0.4, -0.2) is 59.6 Å². The van der Waals surface area contributed by atoms with Crippen molar-refractivity contribution in [3.8, 4) is 0 Å². The van der Waals surface area contributed by atoms with Crippen molar-refractivity contribution < 1.29 is 4.92 Å². The molecule has 162 valence electrons. The number of nitro benzene ring substituents is 1. The fourth-order valence-corrected chi connectivity index (χ4v) is 3.91. The molecule has 2 heterocycles. The number of anilines is 3. The maximum Gasteiger partial charge on any atom is 0.293 e. The highest BCUT2D eigenvalue weighted by Crippen LogP contribution is 2.32. The highest BCUT2D eigenvalue weighted by molar-refractivity contribution is 5.94. The number of fused-ring (bicyclic) bond motifs is 1. The zero-order chi connectivity index (χ0) is 21.8. The van der Waals surface area contributed by atoms with E-state index in [9.17, 15) is 10.1 Å². The van der Waals surface area contributed by atoms with Crippen LogP contribution in [0.3, 0.4) is 0 Å². The number of nitro groups is 1. The van der Waals surface area contributed by atoms with Gasteiger partial charge in [0.15, 0.2) is 0 Å². The monoisotopic (exact) mass is 421 g/mol. The van der Waals surface area contributed by atoms with E-state index in [0.29, 0.717) is 35.5 Å². The van der Waals surface area contributed by atoms with Crippen molar-refractivity contribution in [2.24, 2.45) is 0 Å². The number of aromatic nitrogens is 2. The summed E-state index contributed by atoms with van der Waals surface area (Å²) in [6, 6.07) is 11.6. The summed E-state index contributed by atoms with van der Waals surface area (Å²) < 4.78 is 0. The van der Waals surface area contributed by atoms with Crippen LogP contribution in [0.25, 0.3) is 10.9 Å². The van der Waals surface area contributed by atoms with E-state index >= 15 is 0 Å². The van der Waals surface area contributed by atoms with Gasteiger partial charge in [0.05, 0.1) is 10.4 Å². The lowest BCUT2D eigenvalue weighted by molar-refractivity contribution is -0.383. The highest BCUT2D eigenvalue weighted by Gasteiger charge is 2.19. The lowest BCUT2D eigenvalue weighted by atomic mass is 10.1. The molecule has 4 rings (SSSR count). The predicted octanol–water partition coefficient (Wildman–Crippen LogP) is 3.33. The molecule has 0 bridgehead atoms. The summed E-state index contributed by atoms with van der Waals surface area (Å²) in [5.74, 6) is 0.587. The minimum atomic E-state index is -0.378. The quantitative estimate of drug-likeness (QED) is 0.443. The van der Waals surface area contributed by atoms with Gasteiger partial charge in [0.2, 0.25) is 0 Å². The molecule has 3 aromatic rings. The molecule has 0 spiro atoms. The zero-order valence-electron chi connectivity index (χ0n) is 17.8. The van der Waals surface area contributed by atoms with Crippen molar-refractivity contribution in [3.63, 3.8) is 0 Å². The van der Waals surface area contributed by atoms with Gasteiger partial charge in [-0.25, -0.2) is 9.97 Å². The lowest BCUT2D eigenvalue weighted by Gasteiger charge is -2.35. The maximum atomic E-state index is 11.6. The molecule has 1 aliphatic heterocycles. The molecule has 2 N–H and O–H groups in total. The molecule has 0 aliphatic carbocycles. The number of nitrogens with one attached hydrogen (secondary N) is 2. The molecule has 0 amide bonds. The molecule has 31 heavy (non-hydrogen) atoms. The lowest BCUT2D eigenvalue weighted by Crippen LogP contribution is -2.44. The Morgan fingerprint density at radius 2 is 1.87 bits per heavy atom. The number of hydrogen-bond acceptors (Lipinski definition) is 8. The third-order valence-corrected chi connectivity index (χ3v) is 5.60. The third-order valence-electron chi connectivity index (χ3n) is 5.60. The Morgan fingerprint density at radius 1 is 1.10 bits per heavy atom. The zero-order valence-corrected chi connectivity index (χ0v) is 17.8. The summed E-state index contributed by atoms with van der Waals surface area (Å²) in [4.78, 5) is 24.6. The van der Waals surface area contributed by atoms with Gasteiger partial charge in [-0.2, -0.15) is 0 Å². The van der Waals surface area contributed by atoms with Crippen LogP contribution >= 0.6 is 0 Å². The molecule has 0 unspecified atom stereocenters. The fourth-order valence-electron chi connectivity index (χ4n) is 3.91. The molecule has 1 aliphatic rings. The van der Waals surface area contributed by atoms with E-state index in [1.165, 1.54) is 12.0 Å². The number of nitrogens with zero attached hydrogens (tertiary/aromatic N) is 5. The molecule has 0 atom stereocenters. The van der Waals surface area contributed by atoms with E-state index in [-0.39, 0.29) is 10.6 Å². The third kappa shape index (κ3) is 4.51. The van der Waals surface area contributed by atoms with Crippen molar-refractivity contribution in [2.45, 2.75) is 13.5 Å². The number of hydrogen-bond donors (Lipinski definition) is 2. The van der Waals surface area contributed by atoms with Crippen molar-refractivity contribution in [3.05, 3.63) is 58.4 Å². The van der Waals surface area contributed by atoms with Gasteiger partial charge in [0.25, 0.3) is 5.69 Å². The smallest absolute Gasteiger partial charge is 0.293 e. The fraction of sp³-hybridized carbons (Fsp3) is 0.364. The van der Waals surface area contributed by atoms with Gasteiger partial charge in [-0.15, -0.1) is 0 Å². The first kappa shape index (κ1) is 20.8. The van der Waals surface area contributed by atoms with Crippen molar-refractivity contribution in [1.82, 2.24) is 14.9 Å². The summed E-state index contributed by atoms with van der Waals surface area (Å²) >= 11 is 0. The molecular formula is C22H27N7O2. The van der Waals surface area contributed by atoms with E-state index in [1.807, 2.05) is 13.0 Å². The second-order valence-corrected chi connectivity index (χ2v) is 7.67. The summed E-state index contributed by atoms with van der Waals surface area (Å²) in [6.45, 7) is 7.11. The van der Waals surface area contributed by atoms with E-state index in [4.69, 9.17) is 0 Å². The molecule has 9 nitrogen and oxygen atoms in total. The second-order valence-electron chi connectivity index (χ2n) is 7.67. The summed E-state index contributed by atoms with van der Waals surface area (Å²) in [7, 11) is 2.14. The first-order chi connectivity index (χ1) is 15.1. The van der Waals surface area contributed by atoms with Crippen LogP contribution in [0.2, 0.25) is 0 Å². The van der Waals surface area contributed by atoms with Gasteiger partial charge in [-0.1, -0.05) is 18.2 Å². The minimum absolute atomic E-state index is 0.0186. The van der Waals surface area contributed by atoms with Crippen molar-refractivity contribution in [1.29, 1.82) is 0 Å². The highest BCUT2D eigenvalue weighted by atomic mass is 16.6. The van der Waals surface area contributed by atoms with Crippen molar-refractivity contribution in [2.75, 3.05) is 55.3 Å². The number of benzene rings is 2. The largest absolute Gasteiger partial charge is 0.380 e. The SMILES string of the molecule is CCNc1cc2ncnc(NCc3ccccc3N3CCN(C)CC3)c2cc1[N+](=O)[O-]. The summed E-state index contributed by atoms with van der Waals surface area (Å²) in [6.07, 6.45) is 1.48. The molecule has 1 saturated heterocycles. The standard InChI is InChI=1S/C22H27N7O2/c1-3-23-19-13-18-17(12-21(19)29(30)31)22(26-15-25-18)24-14-16-6-4-5-7-20(16)28-10-8-27(2)9-11-28/h4-7,12-13,15,23H,3,8-11,14H2,1-2H3,(H,24,25,26). The van der Waals surface area contributed by atoms with Gasteiger partial charge in [-0.05, 0) is 31.7 Å². The molecule has 9 heteroatoms. The van der Waals surface area contributed by atoms with Crippen molar-refractivity contribution >= 4 is 33.8 Å². The average Bonchev–Trinajstić information content (AvgIpc) is 2.78. The first-order valence-corrected chi connectivity index (χ1v) is 10.5. The van der Waals surface area contributed by atoms with Gasteiger partial charge in [0.1, 0.15) is 17.8 Å². The Morgan fingerprint density at radius 3 is 2.61 bits per heavy atom. The molecule has 1 aromatic heterocycles. The topological polar surface area (TPSA) is 99.5 Å². The Balaban J connectivity index is 1.61. The predicted molar refractivity (Wildman–Crippen MR) is 124 cm³/mol. The van der Waals surface area contributed by atoms with Crippen LogP contribution in [0, 0.1) is 10.1 Å². The maximum absolute atomic E-state index is 11.6. The molecule has 0 radical (unpaired) electrons. The normalized spacial score (nSPS) is 14.6. The Labute approximate surface area is 181 Å². The van der Waals surface area contributed by atoms with Gasteiger partial charge in [0, 0.05) is 56.4 Å². The van der Waals surface area contributed by atoms with Gasteiger partial charge in [-0.3, -0.25) is 10.1 Å². The van der Waals surface area contributed by atoms with E-state index in [0.717, 1.165) is 31.7 Å². The van der Waals surface area contributed by atoms with E-state index in [2.05, 4.69) is 55.6 Å². The Bertz CT molecular complexity index is 1080. The molecule has 0 saturated carbocycles. The molecule has 1 fully saturated rings. The average molecular weight is 422 g/mol. The van der Waals surface area contributed by atoms with Crippen LogP contribution in [0.15, 0.2) is 42.7 Å². The number of likely N-dealkylation sites (N-methyl/N-ethyl adjacent to an activating group) is 1. The number of piperazine rings is 1. The number of rotatable bonds is 7. The van der Waals surface area contributed by atoms with Gasteiger partial charge < -0.3 is 20.4 Å². The van der Waals surface area contributed by atoms with Crippen LogP contribution < -0.4 is 15.5 Å². The van der Waals surface area contributed by atoms with E-state index < -0.39 is 0 Å². The van der Waals surface area contributed by atoms with Gasteiger partial charge >= 0.3 is 0 Å². The van der Waals surface area contributed by atoms with Crippen LogP contribution in [0.4, 0.5) is 22.9 Å².